The zero-order chi connectivity index (χ0) is 21.2. The van der Waals surface area contributed by atoms with E-state index in [2.05, 4.69) is 14.7 Å². The average molecular weight is 428 g/mol. The van der Waals surface area contributed by atoms with E-state index < -0.39 is 15.7 Å². The molecule has 1 aromatic carbocycles. The Hall–Kier alpha value is -3.29. The van der Waals surface area contributed by atoms with Gasteiger partial charge in [0, 0.05) is 34.9 Å². The number of nitrogens with one attached hydrogen (secondary N) is 1. The number of aromatic nitrogens is 3. The fourth-order valence-corrected chi connectivity index (χ4v) is 4.23. The minimum absolute atomic E-state index is 0.00586. The first-order chi connectivity index (χ1) is 13.7. The highest BCUT2D eigenvalue weighted by Gasteiger charge is 2.18. The SMILES string of the molecule is Cc1cc(C=C(C#N)C(=O)Nc2nc(S(C)(=O)=O)ns2)c(C)n1-c1ccccc1. The number of hydrogen-bond donors (Lipinski definition) is 1. The van der Waals surface area contributed by atoms with E-state index in [1.165, 1.54) is 6.08 Å². The van der Waals surface area contributed by atoms with Crippen LogP contribution in [-0.2, 0) is 14.6 Å². The van der Waals surface area contributed by atoms with Gasteiger partial charge >= 0.3 is 0 Å². The molecule has 8 nitrogen and oxygen atoms in total. The van der Waals surface area contributed by atoms with E-state index in [-0.39, 0.29) is 15.9 Å². The van der Waals surface area contributed by atoms with Gasteiger partial charge in [0.05, 0.1) is 0 Å². The van der Waals surface area contributed by atoms with Gasteiger partial charge in [0.25, 0.3) is 11.1 Å². The van der Waals surface area contributed by atoms with Gasteiger partial charge in [-0.3, -0.25) is 10.1 Å². The van der Waals surface area contributed by atoms with Crippen LogP contribution < -0.4 is 5.32 Å². The minimum atomic E-state index is -3.57. The molecular formula is C19H17N5O3S2. The summed E-state index contributed by atoms with van der Waals surface area (Å²) in [7, 11) is -3.57. The van der Waals surface area contributed by atoms with Crippen LogP contribution in [0.3, 0.4) is 0 Å². The van der Waals surface area contributed by atoms with E-state index in [0.29, 0.717) is 0 Å². The smallest absolute Gasteiger partial charge is 0.268 e. The number of nitrogens with zero attached hydrogens (tertiary/aromatic N) is 4. The zero-order valence-corrected chi connectivity index (χ0v) is 17.5. The van der Waals surface area contributed by atoms with Crippen molar-refractivity contribution in [1.82, 2.24) is 13.9 Å². The lowest BCUT2D eigenvalue weighted by atomic mass is 10.1. The number of rotatable bonds is 5. The Morgan fingerprint density at radius 2 is 1.97 bits per heavy atom. The number of amides is 1. The number of hydrogen-bond acceptors (Lipinski definition) is 7. The Bertz CT molecular complexity index is 1250. The largest absolute Gasteiger partial charge is 0.318 e. The second-order valence-corrected chi connectivity index (χ2v) is 8.94. The fourth-order valence-electron chi connectivity index (χ4n) is 2.79. The maximum absolute atomic E-state index is 12.5. The number of carbonyl (C=O) groups excluding carboxylic acids is 1. The summed E-state index contributed by atoms with van der Waals surface area (Å²) in [6, 6.07) is 13.5. The van der Waals surface area contributed by atoms with E-state index in [1.54, 1.807) is 0 Å². The van der Waals surface area contributed by atoms with Gasteiger partial charge in [0.2, 0.25) is 15.0 Å². The van der Waals surface area contributed by atoms with Gasteiger partial charge in [0.15, 0.2) is 0 Å². The molecule has 1 amide bonds. The lowest BCUT2D eigenvalue weighted by Gasteiger charge is -2.09. The summed E-state index contributed by atoms with van der Waals surface area (Å²) >= 11 is 0.733. The molecule has 3 rings (SSSR count). The molecule has 0 aliphatic heterocycles. The summed E-state index contributed by atoms with van der Waals surface area (Å²) in [5, 5.41) is 11.5. The molecule has 0 bridgehead atoms. The van der Waals surface area contributed by atoms with Crippen LogP contribution in [-0.4, -0.2) is 34.5 Å². The van der Waals surface area contributed by atoms with Crippen LogP contribution in [0.25, 0.3) is 11.8 Å². The highest BCUT2D eigenvalue weighted by molar-refractivity contribution is 7.90. The standard InChI is InChI=1S/C19H17N5O3S2/c1-12-9-14(13(2)24(12)16-7-5-4-6-8-16)10-15(11-20)17(25)21-18-22-19(23-28-18)29(3,26)27/h4-10H,1-3H3,(H,21,22,23,25). The van der Waals surface area contributed by atoms with Crippen molar-refractivity contribution in [3.8, 4) is 11.8 Å². The van der Waals surface area contributed by atoms with Crippen molar-refractivity contribution in [3.63, 3.8) is 0 Å². The minimum Gasteiger partial charge on any atom is -0.318 e. The van der Waals surface area contributed by atoms with E-state index in [4.69, 9.17) is 0 Å². The molecule has 0 fully saturated rings. The molecule has 0 aliphatic rings. The fraction of sp³-hybridized carbons (Fsp3) is 0.158. The first-order valence-corrected chi connectivity index (χ1v) is 11.1. The van der Waals surface area contributed by atoms with Crippen LogP contribution in [0.2, 0.25) is 0 Å². The van der Waals surface area contributed by atoms with Crippen molar-refractivity contribution in [2.45, 2.75) is 19.0 Å². The topological polar surface area (TPSA) is 118 Å². The zero-order valence-electron chi connectivity index (χ0n) is 15.9. The molecule has 0 atom stereocenters. The molecule has 0 saturated heterocycles. The normalized spacial score (nSPS) is 11.9. The van der Waals surface area contributed by atoms with Crippen molar-refractivity contribution in [3.05, 3.63) is 58.9 Å². The van der Waals surface area contributed by atoms with Crippen LogP contribution in [0.5, 0.6) is 0 Å². The van der Waals surface area contributed by atoms with Crippen LogP contribution in [0, 0.1) is 25.2 Å². The van der Waals surface area contributed by atoms with E-state index in [9.17, 15) is 18.5 Å². The van der Waals surface area contributed by atoms with Crippen LogP contribution in [0.1, 0.15) is 17.0 Å². The second-order valence-electron chi connectivity index (χ2n) is 6.28. The number of nitriles is 1. The van der Waals surface area contributed by atoms with Gasteiger partial charge in [-0.2, -0.15) is 14.6 Å². The lowest BCUT2D eigenvalue weighted by molar-refractivity contribution is -0.112. The number of carbonyl (C=O) groups is 1. The van der Waals surface area contributed by atoms with Crippen molar-refractivity contribution < 1.29 is 13.2 Å². The number of benzene rings is 1. The summed E-state index contributed by atoms with van der Waals surface area (Å²) < 4.78 is 28.6. The van der Waals surface area contributed by atoms with Crippen molar-refractivity contribution in [2.24, 2.45) is 0 Å². The number of para-hydroxylation sites is 1. The van der Waals surface area contributed by atoms with Crippen LogP contribution in [0.15, 0.2) is 47.1 Å². The second kappa shape index (κ2) is 7.98. The maximum Gasteiger partial charge on any atom is 0.268 e. The van der Waals surface area contributed by atoms with E-state index in [1.807, 2.05) is 60.9 Å². The predicted octanol–water partition coefficient (Wildman–Crippen LogP) is 2.89. The van der Waals surface area contributed by atoms with Crippen molar-refractivity contribution in [2.75, 3.05) is 11.6 Å². The van der Waals surface area contributed by atoms with Gasteiger partial charge in [0.1, 0.15) is 11.6 Å². The summed E-state index contributed by atoms with van der Waals surface area (Å²) in [5.74, 6) is -0.687. The Morgan fingerprint density at radius 1 is 1.28 bits per heavy atom. The highest BCUT2D eigenvalue weighted by Crippen LogP contribution is 2.23. The number of anilines is 1. The van der Waals surface area contributed by atoms with Crippen LogP contribution in [0.4, 0.5) is 5.13 Å². The first kappa shape index (κ1) is 20.4. The average Bonchev–Trinajstić information content (AvgIpc) is 3.24. The molecule has 0 spiro atoms. The molecule has 3 aromatic rings. The molecule has 29 heavy (non-hydrogen) atoms. The maximum atomic E-state index is 12.5. The third-order valence-electron chi connectivity index (χ3n) is 4.11. The first-order valence-electron chi connectivity index (χ1n) is 8.42. The quantitative estimate of drug-likeness (QED) is 0.494. The third kappa shape index (κ3) is 4.42. The molecule has 2 aromatic heterocycles. The molecule has 10 heteroatoms. The Kier molecular flexibility index (Phi) is 5.63. The van der Waals surface area contributed by atoms with E-state index in [0.717, 1.165) is 40.4 Å². The highest BCUT2D eigenvalue weighted by atomic mass is 32.2. The monoisotopic (exact) mass is 427 g/mol. The number of aryl methyl sites for hydroxylation is 1. The molecule has 2 heterocycles. The molecule has 0 radical (unpaired) electrons. The van der Waals surface area contributed by atoms with Gasteiger partial charge in [-0.05, 0) is 43.7 Å². The molecule has 1 N–H and O–H groups in total. The molecule has 0 unspecified atom stereocenters. The molecular weight excluding hydrogens is 410 g/mol. The number of sulfone groups is 1. The Labute approximate surface area is 172 Å². The van der Waals surface area contributed by atoms with Crippen molar-refractivity contribution >= 4 is 38.5 Å². The Balaban J connectivity index is 1.90. The Morgan fingerprint density at radius 3 is 2.55 bits per heavy atom. The summed E-state index contributed by atoms with van der Waals surface area (Å²) in [5.41, 5.74) is 3.41. The van der Waals surface area contributed by atoms with E-state index >= 15 is 0 Å². The van der Waals surface area contributed by atoms with Gasteiger partial charge < -0.3 is 4.57 Å². The molecule has 0 saturated carbocycles. The molecule has 0 aliphatic carbocycles. The summed E-state index contributed by atoms with van der Waals surface area (Å²) in [6.45, 7) is 3.85. The lowest BCUT2D eigenvalue weighted by Crippen LogP contribution is -2.13. The van der Waals surface area contributed by atoms with Gasteiger partial charge in [-0.15, -0.1) is 0 Å². The third-order valence-corrected chi connectivity index (χ3v) is 5.70. The summed E-state index contributed by atoms with van der Waals surface area (Å²) in [4.78, 5) is 16.2. The molecule has 148 valence electrons. The predicted molar refractivity (Wildman–Crippen MR) is 110 cm³/mol. The van der Waals surface area contributed by atoms with Gasteiger partial charge in [-0.1, -0.05) is 18.2 Å². The van der Waals surface area contributed by atoms with Crippen molar-refractivity contribution in [1.29, 1.82) is 5.26 Å². The van der Waals surface area contributed by atoms with Crippen LogP contribution >= 0.6 is 11.5 Å². The summed E-state index contributed by atoms with van der Waals surface area (Å²) in [6.07, 6.45) is 2.47. The van der Waals surface area contributed by atoms with Gasteiger partial charge in [-0.25, -0.2) is 8.42 Å².